The van der Waals surface area contributed by atoms with E-state index in [-0.39, 0.29) is 17.7 Å². The number of aryl methyl sites for hydroxylation is 3. The Hall–Kier alpha value is -10.7. The molecule has 370 valence electrons. The maximum atomic E-state index is 14.0. The molecule has 0 atom stereocenters. The summed E-state index contributed by atoms with van der Waals surface area (Å²) in [4.78, 5) is 72.8. The summed E-state index contributed by atoms with van der Waals surface area (Å²) in [6, 6.07) is 38.4. The highest BCUT2D eigenvalue weighted by atomic mass is 16.2. The van der Waals surface area contributed by atoms with Gasteiger partial charge in [0.1, 0.15) is 17.1 Å². The molecular weight excluding hydrogens is 953 g/mol. The van der Waals surface area contributed by atoms with Crippen molar-refractivity contribution < 1.29 is 14.4 Å². The SMILES string of the molecule is Cn1cncc1C(=O)Nc1ccccc1-c1c2nc(c(-c3ccccc3NC(=O)c3cncn3C)c3ccc([nH]3)c(-c3ccccc3NC(=O)c3cncn3C)c3nc(c(-c4ccccc4N)c4ccc1[nH]4)C=C3)C=C2. The third-order valence-electron chi connectivity index (χ3n) is 13.5. The molecule has 7 N–H and O–H groups in total. The number of imidazole rings is 3. The molecule has 6 aromatic heterocycles. The molecule has 0 saturated carbocycles. The minimum absolute atomic E-state index is 0.338. The number of anilines is 4. The van der Waals surface area contributed by atoms with E-state index in [0.29, 0.717) is 118 Å². The minimum atomic E-state index is -0.348. The van der Waals surface area contributed by atoms with Crippen LogP contribution in [0.3, 0.4) is 0 Å². The van der Waals surface area contributed by atoms with E-state index in [1.54, 1.807) is 53.8 Å². The number of fused-ring (bicyclic) bond motifs is 8. The number of H-pyrrole nitrogens is 2. The number of carbonyl (C=O) groups excluding carboxylic acids is 3. The number of hydrogen-bond acceptors (Lipinski definition) is 9. The summed E-state index contributed by atoms with van der Waals surface area (Å²) in [5, 5.41) is 9.46. The molecule has 10 aromatic rings. The van der Waals surface area contributed by atoms with Gasteiger partial charge in [0.05, 0.1) is 60.3 Å². The molecule has 0 aliphatic carbocycles. The van der Waals surface area contributed by atoms with E-state index in [9.17, 15) is 14.4 Å². The van der Waals surface area contributed by atoms with Crippen molar-refractivity contribution in [1.82, 2.24) is 48.6 Å². The lowest BCUT2D eigenvalue weighted by molar-refractivity contribution is 0.101. The average molecular weight is 999 g/mol. The molecule has 0 saturated heterocycles. The van der Waals surface area contributed by atoms with Crippen LogP contribution in [0.1, 0.15) is 54.2 Å². The largest absolute Gasteiger partial charge is 0.398 e. The van der Waals surface area contributed by atoms with Crippen molar-refractivity contribution in [3.63, 3.8) is 0 Å². The summed E-state index contributed by atoms with van der Waals surface area (Å²) >= 11 is 0. The molecule has 0 spiro atoms. The Morgan fingerprint density at radius 1 is 0.408 bits per heavy atom. The molecule has 3 amide bonds. The van der Waals surface area contributed by atoms with Gasteiger partial charge in [-0.05, 0) is 72.8 Å². The number of para-hydroxylation sites is 4. The number of nitrogens with one attached hydrogen (secondary N) is 5. The fourth-order valence-corrected chi connectivity index (χ4v) is 9.78. The molecular formula is C59H46N14O3. The molecule has 12 rings (SSSR count). The Bertz CT molecular complexity index is 4140. The zero-order valence-electron chi connectivity index (χ0n) is 41.2. The maximum absolute atomic E-state index is 14.0. The lowest BCUT2D eigenvalue weighted by atomic mass is 10.0. The van der Waals surface area contributed by atoms with Crippen molar-refractivity contribution in [2.75, 3.05) is 21.7 Å². The van der Waals surface area contributed by atoms with Crippen molar-refractivity contribution in [1.29, 1.82) is 0 Å². The highest BCUT2D eigenvalue weighted by Gasteiger charge is 2.24. The number of aromatic amines is 2. The zero-order chi connectivity index (χ0) is 52.0. The molecule has 17 nitrogen and oxygen atoms in total. The maximum Gasteiger partial charge on any atom is 0.273 e. The van der Waals surface area contributed by atoms with Crippen molar-refractivity contribution in [3.8, 4) is 44.5 Å². The molecule has 8 bridgehead atoms. The first-order chi connectivity index (χ1) is 37.1. The number of amides is 3. The van der Waals surface area contributed by atoms with E-state index in [1.807, 2.05) is 146 Å². The van der Waals surface area contributed by atoms with Gasteiger partial charge in [-0.15, -0.1) is 0 Å². The third-order valence-corrected chi connectivity index (χ3v) is 13.5. The van der Waals surface area contributed by atoms with Gasteiger partial charge in [0, 0.05) is 110 Å². The van der Waals surface area contributed by atoms with E-state index < -0.39 is 0 Å². The van der Waals surface area contributed by atoms with E-state index >= 15 is 0 Å². The van der Waals surface area contributed by atoms with Crippen LogP contribution in [0.2, 0.25) is 0 Å². The molecule has 2 aliphatic rings. The van der Waals surface area contributed by atoms with Crippen LogP contribution in [0.15, 0.2) is 159 Å². The lowest BCUT2D eigenvalue weighted by Crippen LogP contribution is -2.16. The predicted molar refractivity (Wildman–Crippen MR) is 298 cm³/mol. The van der Waals surface area contributed by atoms with Crippen molar-refractivity contribution >= 4 is 86.8 Å². The van der Waals surface area contributed by atoms with E-state index in [0.717, 1.165) is 11.1 Å². The van der Waals surface area contributed by atoms with Gasteiger partial charge in [-0.3, -0.25) is 14.4 Å². The number of nitrogen functional groups attached to an aromatic ring is 1. The monoisotopic (exact) mass is 998 g/mol. The number of nitrogens with two attached hydrogens (primary N) is 1. The Labute approximate surface area is 434 Å². The first-order valence-corrected chi connectivity index (χ1v) is 24.2. The van der Waals surface area contributed by atoms with Crippen LogP contribution in [0.25, 0.3) is 90.9 Å². The van der Waals surface area contributed by atoms with Gasteiger partial charge in [0.25, 0.3) is 17.7 Å². The molecule has 2 aliphatic heterocycles. The number of rotatable bonds is 10. The van der Waals surface area contributed by atoms with Crippen molar-refractivity contribution in [2.45, 2.75) is 0 Å². The average Bonchev–Trinajstić information content (AvgIpc) is 4.34. The number of hydrogen-bond donors (Lipinski definition) is 6. The molecule has 0 radical (unpaired) electrons. The summed E-state index contributed by atoms with van der Waals surface area (Å²) in [7, 11) is 5.30. The highest BCUT2D eigenvalue weighted by molar-refractivity contribution is 6.10. The van der Waals surface area contributed by atoms with Crippen molar-refractivity contribution in [2.24, 2.45) is 21.1 Å². The summed E-state index contributed by atoms with van der Waals surface area (Å²) in [5.41, 5.74) is 20.8. The number of nitrogens with zero attached hydrogens (tertiary/aromatic N) is 8. The lowest BCUT2D eigenvalue weighted by Gasteiger charge is -2.14. The molecule has 76 heavy (non-hydrogen) atoms. The fraction of sp³-hybridized carbons (Fsp3) is 0.0508. The number of carbonyl (C=O) groups is 3. The first-order valence-electron chi connectivity index (χ1n) is 24.2. The van der Waals surface area contributed by atoms with Gasteiger partial charge >= 0.3 is 0 Å². The van der Waals surface area contributed by atoms with Gasteiger partial charge in [0.2, 0.25) is 0 Å². The van der Waals surface area contributed by atoms with E-state index in [1.165, 1.54) is 18.6 Å². The standard InChI is InChI=1S/C59H46N14O3/c1-71-31-61-28-50(71)57(74)68-39-17-9-5-13-35(39)54-44-22-20-42(64-44)53(34-12-4-8-16-38(34)60)43-21-23-45(65-43)55(36-14-6-10-18-40(36)69-58(75)51-29-62-32-72(51)2)47-25-27-49(67-47)56(48-26-24-46(54)66-48)37-15-7-11-19-41(37)70-59(76)52-30-63-33-73(52)3/h4-33,64,67H,60H2,1-3H3,(H,68,74)(H,69,75)(H,70,76). The Morgan fingerprint density at radius 2 is 0.697 bits per heavy atom. The van der Waals surface area contributed by atoms with Gasteiger partial charge in [-0.1, -0.05) is 72.8 Å². The first kappa shape index (κ1) is 46.4. The molecule has 17 heteroatoms. The highest BCUT2D eigenvalue weighted by Crippen LogP contribution is 2.43. The van der Waals surface area contributed by atoms with E-state index in [4.69, 9.17) is 15.7 Å². The van der Waals surface area contributed by atoms with Gasteiger partial charge in [0.15, 0.2) is 0 Å². The minimum Gasteiger partial charge on any atom is -0.398 e. The molecule has 8 heterocycles. The van der Waals surface area contributed by atoms with E-state index in [2.05, 4.69) is 40.9 Å². The van der Waals surface area contributed by atoms with Crippen LogP contribution in [0.4, 0.5) is 22.7 Å². The second kappa shape index (κ2) is 19.1. The quantitative estimate of drug-likeness (QED) is 0.0716. The van der Waals surface area contributed by atoms with Crippen LogP contribution < -0.4 is 21.7 Å². The van der Waals surface area contributed by atoms with Crippen LogP contribution in [0.5, 0.6) is 0 Å². The summed E-state index contributed by atoms with van der Waals surface area (Å²) in [6.45, 7) is 0. The fourth-order valence-electron chi connectivity index (χ4n) is 9.78. The molecule has 4 aromatic carbocycles. The van der Waals surface area contributed by atoms with Gasteiger partial charge in [-0.25, -0.2) is 24.9 Å². The smallest absolute Gasteiger partial charge is 0.273 e. The number of benzene rings is 4. The second-order valence-corrected chi connectivity index (χ2v) is 18.3. The zero-order valence-corrected chi connectivity index (χ0v) is 41.2. The molecule has 0 fully saturated rings. The third kappa shape index (κ3) is 8.38. The Morgan fingerprint density at radius 3 is 1.00 bits per heavy atom. The van der Waals surface area contributed by atoms with Crippen LogP contribution in [-0.4, -0.2) is 66.3 Å². The summed E-state index contributed by atoms with van der Waals surface area (Å²) in [6.07, 6.45) is 17.1. The summed E-state index contributed by atoms with van der Waals surface area (Å²) in [5.74, 6) is -1.02. The van der Waals surface area contributed by atoms with Gasteiger partial charge in [-0.2, -0.15) is 0 Å². The van der Waals surface area contributed by atoms with Crippen molar-refractivity contribution in [3.05, 3.63) is 199 Å². The van der Waals surface area contributed by atoms with Gasteiger partial charge < -0.3 is 45.4 Å². The van der Waals surface area contributed by atoms with Crippen LogP contribution in [-0.2, 0) is 21.1 Å². The second-order valence-electron chi connectivity index (χ2n) is 18.3. The van der Waals surface area contributed by atoms with Crippen LogP contribution in [0, 0.1) is 0 Å². The normalized spacial score (nSPS) is 11.7. The summed E-state index contributed by atoms with van der Waals surface area (Å²) < 4.78 is 4.99. The Kier molecular flexibility index (Phi) is 11.6. The molecule has 0 unspecified atom stereocenters. The predicted octanol–water partition coefficient (Wildman–Crippen LogP) is 10.9. The number of aromatic nitrogens is 10. The van der Waals surface area contributed by atoms with Crippen LogP contribution >= 0.6 is 0 Å². The Balaban J connectivity index is 1.18. The topological polar surface area (TPSA) is 224 Å².